The number of aromatic hydroxyl groups is 2. The summed E-state index contributed by atoms with van der Waals surface area (Å²) in [5.74, 6) is -2.41. The third kappa shape index (κ3) is 6.05. The summed E-state index contributed by atoms with van der Waals surface area (Å²) >= 11 is 0. The van der Waals surface area contributed by atoms with Crippen molar-refractivity contribution in [3.8, 4) is 45.1 Å². The van der Waals surface area contributed by atoms with Crippen molar-refractivity contribution in [3.05, 3.63) is 89.6 Å². The first-order valence-electron chi connectivity index (χ1n) is 13.7. The number of halogens is 2. The van der Waals surface area contributed by atoms with Crippen molar-refractivity contribution in [2.24, 2.45) is 0 Å². The number of carbonyl (C=O) groups is 1. The number of aromatic nitrogens is 3. The predicted molar refractivity (Wildman–Crippen MR) is 157 cm³/mol. The number of aryl methyl sites for hydroxylation is 1. The van der Waals surface area contributed by atoms with Crippen LogP contribution in [-0.4, -0.2) is 43.0 Å². The van der Waals surface area contributed by atoms with E-state index in [1.54, 1.807) is 58.9 Å². The molecule has 0 spiro atoms. The maximum atomic E-state index is 14.1. The van der Waals surface area contributed by atoms with E-state index in [1.165, 1.54) is 28.8 Å². The average molecular weight is 588 g/mol. The second-order valence-electron chi connectivity index (χ2n) is 11.0. The molecule has 1 atom stereocenters. The molecular weight excluding hydrogens is 556 g/mol. The summed E-state index contributed by atoms with van der Waals surface area (Å²) in [4.78, 5) is 18.0. The number of fused-ring (bicyclic) bond motifs is 1. The monoisotopic (exact) mass is 587 g/mol. The van der Waals surface area contributed by atoms with Crippen molar-refractivity contribution in [1.29, 1.82) is 0 Å². The highest BCUT2D eigenvalue weighted by atomic mass is 19.1. The Bertz CT molecular complexity index is 1850. The van der Waals surface area contributed by atoms with Crippen LogP contribution < -0.4 is 0 Å². The summed E-state index contributed by atoms with van der Waals surface area (Å²) in [5.41, 5.74) is 3.05. The summed E-state index contributed by atoms with van der Waals surface area (Å²) in [5, 5.41) is 26.0. The molecule has 5 rings (SSSR count). The van der Waals surface area contributed by atoms with Gasteiger partial charge in [-0.1, -0.05) is 18.2 Å². The Kier molecular flexibility index (Phi) is 7.90. The van der Waals surface area contributed by atoms with Gasteiger partial charge in [0, 0.05) is 46.1 Å². The van der Waals surface area contributed by atoms with Crippen LogP contribution in [0.3, 0.4) is 0 Å². The summed E-state index contributed by atoms with van der Waals surface area (Å²) in [7, 11) is 0. The topological polar surface area (TPSA) is 106 Å². The smallest absolute Gasteiger partial charge is 0.340 e. The second-order valence-corrected chi connectivity index (χ2v) is 11.0. The molecule has 8 nitrogen and oxygen atoms in total. The van der Waals surface area contributed by atoms with Gasteiger partial charge >= 0.3 is 5.97 Å². The van der Waals surface area contributed by atoms with Crippen LogP contribution in [0.1, 0.15) is 45.1 Å². The molecule has 0 aliphatic rings. The van der Waals surface area contributed by atoms with Gasteiger partial charge in [0.1, 0.15) is 23.1 Å². The minimum Gasteiger partial charge on any atom is -0.507 e. The third-order valence-electron chi connectivity index (χ3n) is 6.71. The van der Waals surface area contributed by atoms with Crippen LogP contribution in [0.5, 0.6) is 11.5 Å². The van der Waals surface area contributed by atoms with Crippen molar-refractivity contribution >= 4 is 11.6 Å². The fraction of sp³-hybridized carbons (Fsp3) is 0.242. The molecule has 0 amide bonds. The van der Waals surface area contributed by atoms with Gasteiger partial charge in [-0.05, 0) is 70.5 Å². The molecule has 43 heavy (non-hydrogen) atoms. The van der Waals surface area contributed by atoms with Crippen molar-refractivity contribution in [1.82, 2.24) is 14.6 Å². The molecule has 1 unspecified atom stereocenters. The maximum Gasteiger partial charge on any atom is 0.340 e. The van der Waals surface area contributed by atoms with Crippen LogP contribution in [0.25, 0.3) is 39.3 Å². The predicted octanol–water partition coefficient (Wildman–Crippen LogP) is 7.15. The van der Waals surface area contributed by atoms with E-state index in [2.05, 4.69) is 0 Å². The minimum absolute atomic E-state index is 0.112. The molecule has 10 heteroatoms. The Labute approximate surface area is 247 Å². The van der Waals surface area contributed by atoms with Crippen LogP contribution in [0, 0.1) is 18.6 Å². The highest BCUT2D eigenvalue weighted by Gasteiger charge is 2.35. The van der Waals surface area contributed by atoms with Gasteiger partial charge in [0.2, 0.25) is 0 Å². The van der Waals surface area contributed by atoms with Gasteiger partial charge in [0.05, 0.1) is 23.6 Å². The average Bonchev–Trinajstić information content (AvgIpc) is 3.35. The number of carbonyl (C=O) groups excluding carboxylic acids is 1. The first kappa shape index (κ1) is 29.7. The molecule has 0 aliphatic heterocycles. The molecule has 3 aromatic carbocycles. The summed E-state index contributed by atoms with van der Waals surface area (Å²) in [6.45, 7) is 8.91. The molecule has 2 aromatic heterocycles. The van der Waals surface area contributed by atoms with E-state index >= 15 is 0 Å². The highest BCUT2D eigenvalue weighted by Crippen LogP contribution is 2.40. The normalized spacial score (nSPS) is 12.4. The largest absolute Gasteiger partial charge is 0.507 e. The number of hydrogen-bond acceptors (Lipinski definition) is 7. The van der Waals surface area contributed by atoms with Gasteiger partial charge in [0.15, 0.2) is 11.8 Å². The lowest BCUT2D eigenvalue weighted by molar-refractivity contribution is -0.166. The zero-order valence-corrected chi connectivity index (χ0v) is 24.4. The van der Waals surface area contributed by atoms with Gasteiger partial charge in [-0.15, -0.1) is 0 Å². The first-order valence-corrected chi connectivity index (χ1v) is 13.7. The zero-order valence-electron chi connectivity index (χ0n) is 24.4. The van der Waals surface area contributed by atoms with Gasteiger partial charge < -0.3 is 19.7 Å². The molecule has 2 heterocycles. The zero-order chi connectivity index (χ0) is 31.1. The number of benzene rings is 3. The summed E-state index contributed by atoms with van der Waals surface area (Å²) < 4.78 is 40.7. The van der Waals surface area contributed by atoms with Gasteiger partial charge in [-0.25, -0.2) is 23.1 Å². The van der Waals surface area contributed by atoms with E-state index in [-0.39, 0.29) is 29.4 Å². The molecule has 0 radical (unpaired) electrons. The Morgan fingerprint density at radius 1 is 0.930 bits per heavy atom. The molecule has 0 fully saturated rings. The van der Waals surface area contributed by atoms with Crippen molar-refractivity contribution in [3.63, 3.8) is 0 Å². The molecular formula is C33H31F2N3O5. The Morgan fingerprint density at radius 2 is 1.56 bits per heavy atom. The number of rotatable bonds is 7. The number of ether oxygens (including phenoxy) is 2. The molecule has 0 aliphatic carbocycles. The third-order valence-corrected chi connectivity index (χ3v) is 6.71. The highest BCUT2D eigenvalue weighted by molar-refractivity contribution is 5.84. The van der Waals surface area contributed by atoms with Gasteiger partial charge in [-0.2, -0.15) is 5.10 Å². The SMILES string of the molecule is CCOC(=O)C(OC(C)(C)C)c1c(C)nc2cc(-c3cccc(-c4ccc(F)cc4O)c3)nn2c1-c1ccc(F)cc1O. The molecule has 0 saturated heterocycles. The molecule has 222 valence electrons. The molecule has 2 N–H and O–H groups in total. The van der Waals surface area contributed by atoms with Crippen molar-refractivity contribution < 1.29 is 33.3 Å². The number of hydrogen-bond donors (Lipinski definition) is 2. The van der Waals surface area contributed by atoms with E-state index in [9.17, 15) is 23.8 Å². The molecule has 0 bridgehead atoms. The van der Waals surface area contributed by atoms with Crippen molar-refractivity contribution in [2.75, 3.05) is 6.61 Å². The fourth-order valence-electron chi connectivity index (χ4n) is 4.94. The van der Waals surface area contributed by atoms with E-state index < -0.39 is 29.3 Å². The van der Waals surface area contributed by atoms with E-state index in [0.29, 0.717) is 39.3 Å². The van der Waals surface area contributed by atoms with Crippen LogP contribution in [0.15, 0.2) is 66.7 Å². The summed E-state index contributed by atoms with van der Waals surface area (Å²) in [6, 6.07) is 16.3. The van der Waals surface area contributed by atoms with E-state index in [0.717, 1.165) is 12.1 Å². The lowest BCUT2D eigenvalue weighted by Gasteiger charge is -2.28. The Morgan fingerprint density at radius 3 is 2.16 bits per heavy atom. The van der Waals surface area contributed by atoms with E-state index in [1.807, 2.05) is 6.07 Å². The Hall–Kier alpha value is -4.83. The number of esters is 1. The quantitative estimate of drug-likeness (QED) is 0.195. The van der Waals surface area contributed by atoms with E-state index in [4.69, 9.17) is 19.6 Å². The molecule has 5 aromatic rings. The number of phenols is 2. The van der Waals surface area contributed by atoms with Gasteiger partial charge in [0.25, 0.3) is 0 Å². The fourth-order valence-corrected chi connectivity index (χ4v) is 4.94. The van der Waals surface area contributed by atoms with Crippen LogP contribution in [-0.2, 0) is 14.3 Å². The first-order chi connectivity index (χ1) is 20.4. The number of phenolic OH excluding ortho intramolecular Hbond substituents is 2. The van der Waals surface area contributed by atoms with Crippen LogP contribution in [0.2, 0.25) is 0 Å². The second kappa shape index (κ2) is 11.4. The summed E-state index contributed by atoms with van der Waals surface area (Å²) in [6.07, 6.45) is -1.24. The molecule has 0 saturated carbocycles. The minimum atomic E-state index is -1.24. The van der Waals surface area contributed by atoms with Crippen molar-refractivity contribution in [2.45, 2.75) is 46.3 Å². The number of nitrogens with zero attached hydrogens (tertiary/aromatic N) is 3. The Balaban J connectivity index is 1.77. The van der Waals surface area contributed by atoms with Crippen LogP contribution >= 0.6 is 0 Å². The maximum absolute atomic E-state index is 14.1. The van der Waals surface area contributed by atoms with Crippen LogP contribution in [0.4, 0.5) is 8.78 Å². The lowest BCUT2D eigenvalue weighted by atomic mass is 9.98. The lowest BCUT2D eigenvalue weighted by Crippen LogP contribution is -2.30. The van der Waals surface area contributed by atoms with Gasteiger partial charge in [-0.3, -0.25) is 0 Å². The standard InChI is InChI=1S/C33H31F2N3O5/c1-6-42-32(41)31(43-33(3,4)5)29-18(2)36-28-17-25(37-38(28)30(29)24-13-11-22(35)16-27(24)40)20-9-7-8-19(14-20)23-12-10-21(34)15-26(23)39/h7-17,31,39-40H,6H2,1-5H3.